The summed E-state index contributed by atoms with van der Waals surface area (Å²) in [4.78, 5) is 11.8. The maximum Gasteiger partial charge on any atom is 0.275 e. The van der Waals surface area contributed by atoms with E-state index in [-0.39, 0.29) is 11.3 Å². The van der Waals surface area contributed by atoms with Gasteiger partial charge in [0, 0.05) is 15.1 Å². The van der Waals surface area contributed by atoms with Gasteiger partial charge in [-0.25, -0.2) is 5.43 Å². The third kappa shape index (κ3) is 3.59. The predicted octanol–water partition coefficient (Wildman–Crippen LogP) is 3.57. The monoisotopic (exact) mass is 352 g/mol. The number of phenols is 1. The van der Waals surface area contributed by atoms with Gasteiger partial charge in [0.1, 0.15) is 5.75 Å². The topological polar surface area (TPSA) is 61.7 Å². The number of nitrogens with one attached hydrogen (secondary N) is 1. The van der Waals surface area contributed by atoms with Crippen LogP contribution in [-0.2, 0) is 0 Å². The zero-order valence-electron chi connectivity index (χ0n) is 10.2. The molecule has 2 aromatic carbocycles. The van der Waals surface area contributed by atoms with Crippen LogP contribution in [0.15, 0.2) is 52.0 Å². The van der Waals surface area contributed by atoms with Crippen LogP contribution in [0.5, 0.6) is 5.75 Å². The molecule has 20 heavy (non-hydrogen) atoms. The Labute approximate surface area is 129 Å². The Hall–Kier alpha value is -1.85. The molecule has 1 amide bonds. The van der Waals surface area contributed by atoms with E-state index in [0.29, 0.717) is 5.02 Å². The fourth-order valence-electron chi connectivity index (χ4n) is 1.49. The van der Waals surface area contributed by atoms with Gasteiger partial charge in [0.25, 0.3) is 5.91 Å². The summed E-state index contributed by atoms with van der Waals surface area (Å²) >= 11 is 9.14. The fraction of sp³-hybridized carbons (Fsp3) is 0. The summed E-state index contributed by atoms with van der Waals surface area (Å²) in [5, 5.41) is 13.8. The van der Waals surface area contributed by atoms with Crippen molar-refractivity contribution in [2.45, 2.75) is 0 Å². The van der Waals surface area contributed by atoms with Gasteiger partial charge >= 0.3 is 0 Å². The van der Waals surface area contributed by atoms with E-state index in [1.54, 1.807) is 0 Å². The lowest BCUT2D eigenvalue weighted by Crippen LogP contribution is -2.17. The Morgan fingerprint density at radius 2 is 2.05 bits per heavy atom. The number of aromatic hydroxyl groups is 1. The Morgan fingerprint density at radius 1 is 1.30 bits per heavy atom. The number of hydrazone groups is 1. The van der Waals surface area contributed by atoms with Crippen molar-refractivity contribution in [1.82, 2.24) is 5.43 Å². The highest BCUT2D eigenvalue weighted by Gasteiger charge is 2.10. The van der Waals surface area contributed by atoms with E-state index < -0.39 is 5.91 Å². The summed E-state index contributed by atoms with van der Waals surface area (Å²) in [5.41, 5.74) is 3.23. The van der Waals surface area contributed by atoms with Crippen molar-refractivity contribution in [3.05, 3.63) is 63.1 Å². The molecule has 6 heteroatoms. The maximum absolute atomic E-state index is 11.8. The Balaban J connectivity index is 2.09. The zero-order valence-corrected chi connectivity index (χ0v) is 12.5. The van der Waals surface area contributed by atoms with E-state index in [0.717, 1.165) is 10.0 Å². The molecule has 0 radical (unpaired) electrons. The van der Waals surface area contributed by atoms with Gasteiger partial charge in [0.2, 0.25) is 0 Å². The number of phenolic OH excluding ortho intramolecular Hbond substituents is 1. The molecule has 0 saturated heterocycles. The standard InChI is InChI=1S/C14H10BrClN2O2/c15-12-4-2-1-3-9(12)8-17-18-14(20)11-7-10(16)5-6-13(11)19/h1-8,19H,(H,18,20)/b17-8+. The third-order valence-corrected chi connectivity index (χ3v) is 3.44. The molecule has 0 unspecified atom stereocenters. The van der Waals surface area contributed by atoms with Crippen LogP contribution >= 0.6 is 27.5 Å². The average molecular weight is 354 g/mol. The van der Waals surface area contributed by atoms with Crippen molar-refractivity contribution < 1.29 is 9.90 Å². The highest BCUT2D eigenvalue weighted by Crippen LogP contribution is 2.21. The average Bonchev–Trinajstić information content (AvgIpc) is 2.43. The Kier molecular flexibility index (Phi) is 4.76. The molecule has 0 spiro atoms. The van der Waals surface area contributed by atoms with Gasteiger partial charge in [-0.2, -0.15) is 5.10 Å². The van der Waals surface area contributed by atoms with E-state index in [1.807, 2.05) is 24.3 Å². The molecule has 102 valence electrons. The van der Waals surface area contributed by atoms with E-state index in [2.05, 4.69) is 26.5 Å². The van der Waals surface area contributed by atoms with Crippen LogP contribution in [-0.4, -0.2) is 17.2 Å². The van der Waals surface area contributed by atoms with Gasteiger partial charge in [-0.15, -0.1) is 0 Å². The minimum atomic E-state index is -0.534. The molecule has 0 bridgehead atoms. The highest BCUT2D eigenvalue weighted by atomic mass is 79.9. The molecule has 0 fully saturated rings. The van der Waals surface area contributed by atoms with Crippen molar-refractivity contribution in [2.24, 2.45) is 5.10 Å². The van der Waals surface area contributed by atoms with E-state index >= 15 is 0 Å². The zero-order chi connectivity index (χ0) is 14.5. The lowest BCUT2D eigenvalue weighted by Gasteiger charge is -2.03. The van der Waals surface area contributed by atoms with Gasteiger partial charge in [0.15, 0.2) is 0 Å². The second kappa shape index (κ2) is 6.54. The third-order valence-electron chi connectivity index (χ3n) is 2.48. The number of rotatable bonds is 3. The molecule has 0 aromatic heterocycles. The number of benzene rings is 2. The lowest BCUT2D eigenvalue weighted by atomic mass is 10.2. The maximum atomic E-state index is 11.8. The normalized spacial score (nSPS) is 10.7. The van der Waals surface area contributed by atoms with Crippen LogP contribution < -0.4 is 5.43 Å². The second-order valence-electron chi connectivity index (χ2n) is 3.88. The molecule has 0 heterocycles. The summed E-state index contributed by atoms with van der Waals surface area (Å²) in [6.07, 6.45) is 1.50. The Morgan fingerprint density at radius 3 is 2.80 bits per heavy atom. The van der Waals surface area contributed by atoms with E-state index in [9.17, 15) is 9.90 Å². The lowest BCUT2D eigenvalue weighted by molar-refractivity contribution is 0.0952. The van der Waals surface area contributed by atoms with Crippen molar-refractivity contribution >= 4 is 39.7 Å². The molecule has 0 aliphatic heterocycles. The number of hydrogen-bond acceptors (Lipinski definition) is 3. The van der Waals surface area contributed by atoms with Crippen LogP contribution in [0, 0.1) is 0 Å². The molecule has 0 atom stereocenters. The van der Waals surface area contributed by atoms with Crippen LogP contribution in [0.2, 0.25) is 5.02 Å². The summed E-state index contributed by atoms with van der Waals surface area (Å²) in [6, 6.07) is 11.7. The van der Waals surface area contributed by atoms with Crippen LogP contribution in [0.4, 0.5) is 0 Å². The second-order valence-corrected chi connectivity index (χ2v) is 5.17. The molecule has 2 rings (SSSR count). The first-order valence-corrected chi connectivity index (χ1v) is 6.81. The van der Waals surface area contributed by atoms with E-state index in [4.69, 9.17) is 11.6 Å². The number of nitrogens with zero attached hydrogens (tertiary/aromatic N) is 1. The number of hydrogen-bond donors (Lipinski definition) is 2. The summed E-state index contributed by atoms with van der Waals surface area (Å²) in [7, 11) is 0. The minimum Gasteiger partial charge on any atom is -0.507 e. The van der Waals surface area contributed by atoms with Crippen molar-refractivity contribution in [3.8, 4) is 5.75 Å². The van der Waals surface area contributed by atoms with Gasteiger partial charge in [-0.1, -0.05) is 45.7 Å². The minimum absolute atomic E-state index is 0.0711. The van der Waals surface area contributed by atoms with Crippen LogP contribution in [0.3, 0.4) is 0 Å². The first kappa shape index (κ1) is 14.6. The fourth-order valence-corrected chi connectivity index (χ4v) is 2.05. The molecule has 0 aliphatic carbocycles. The predicted molar refractivity (Wildman–Crippen MR) is 82.3 cm³/mol. The van der Waals surface area contributed by atoms with Crippen molar-refractivity contribution in [2.75, 3.05) is 0 Å². The first-order chi connectivity index (χ1) is 9.58. The Bertz CT molecular complexity index is 674. The highest BCUT2D eigenvalue weighted by molar-refractivity contribution is 9.10. The van der Waals surface area contributed by atoms with Gasteiger partial charge in [0.05, 0.1) is 11.8 Å². The number of halogens is 2. The molecular weight excluding hydrogens is 344 g/mol. The smallest absolute Gasteiger partial charge is 0.275 e. The quantitative estimate of drug-likeness (QED) is 0.654. The summed E-state index contributed by atoms with van der Waals surface area (Å²) < 4.78 is 0.864. The molecule has 0 aliphatic rings. The number of amides is 1. The summed E-state index contributed by atoms with van der Waals surface area (Å²) in [5.74, 6) is -0.684. The molecule has 0 saturated carbocycles. The SMILES string of the molecule is O=C(N/N=C/c1ccccc1Br)c1cc(Cl)ccc1O. The van der Waals surface area contributed by atoms with Gasteiger partial charge in [-0.05, 0) is 24.3 Å². The van der Waals surface area contributed by atoms with Gasteiger partial charge < -0.3 is 5.11 Å². The molecule has 2 N–H and O–H groups in total. The van der Waals surface area contributed by atoms with E-state index in [1.165, 1.54) is 24.4 Å². The number of carbonyl (C=O) groups is 1. The number of carbonyl (C=O) groups excluding carboxylic acids is 1. The van der Waals surface area contributed by atoms with Crippen LogP contribution in [0.25, 0.3) is 0 Å². The molecule has 4 nitrogen and oxygen atoms in total. The molecular formula is C14H10BrClN2O2. The molecule has 2 aromatic rings. The van der Waals surface area contributed by atoms with Crippen LogP contribution in [0.1, 0.15) is 15.9 Å². The van der Waals surface area contributed by atoms with Gasteiger partial charge in [-0.3, -0.25) is 4.79 Å². The first-order valence-electron chi connectivity index (χ1n) is 5.64. The van der Waals surface area contributed by atoms with Crippen molar-refractivity contribution in [3.63, 3.8) is 0 Å². The largest absolute Gasteiger partial charge is 0.507 e. The summed E-state index contributed by atoms with van der Waals surface area (Å²) in [6.45, 7) is 0. The van der Waals surface area contributed by atoms with Crippen molar-refractivity contribution in [1.29, 1.82) is 0 Å².